The number of carbonyl (C=O) groups is 1. The number of benzene rings is 3. The molecule has 0 saturated heterocycles. The summed E-state index contributed by atoms with van der Waals surface area (Å²) in [5.41, 5.74) is 7.31. The molecule has 0 heterocycles. The fraction of sp³-hybridized carbons (Fsp3) is 0.182. The van der Waals surface area contributed by atoms with Crippen LogP contribution in [0.5, 0.6) is 0 Å². The van der Waals surface area contributed by atoms with E-state index in [-0.39, 0.29) is 17.3 Å². The minimum absolute atomic E-state index is 0.0638. The third-order valence-corrected chi connectivity index (χ3v) is 5.96. The highest BCUT2D eigenvalue weighted by Gasteiger charge is 2.15. The smallest absolute Gasteiger partial charge is 0.269 e. The number of thioether (sulfide) groups is 1. The van der Waals surface area contributed by atoms with Crippen LogP contribution >= 0.6 is 11.8 Å². The Hall–Kier alpha value is -3.19. The van der Waals surface area contributed by atoms with Crippen molar-refractivity contribution in [2.45, 2.75) is 18.6 Å². The van der Waals surface area contributed by atoms with E-state index in [0.29, 0.717) is 5.75 Å². The lowest BCUT2D eigenvalue weighted by atomic mass is 10.0. The van der Waals surface area contributed by atoms with E-state index >= 15 is 0 Å². The molecule has 0 atom stereocenters. The fourth-order valence-electron chi connectivity index (χ4n) is 3.56. The van der Waals surface area contributed by atoms with Crippen molar-refractivity contribution in [1.29, 1.82) is 0 Å². The van der Waals surface area contributed by atoms with Crippen molar-refractivity contribution in [3.63, 3.8) is 0 Å². The van der Waals surface area contributed by atoms with Crippen molar-refractivity contribution in [3.05, 3.63) is 87.0 Å². The molecule has 0 fully saturated rings. The molecule has 3 aromatic rings. The SMILES string of the molecule is O=C(CSCc1ccc([N+](=O)[O-])cc1)N/N=C\c1ccc2c3c(cccc13)CC2. The monoisotopic (exact) mass is 405 g/mol. The molecule has 0 unspecified atom stereocenters. The summed E-state index contributed by atoms with van der Waals surface area (Å²) >= 11 is 1.43. The van der Waals surface area contributed by atoms with Crippen molar-refractivity contribution in [2.75, 3.05) is 5.75 Å². The van der Waals surface area contributed by atoms with Gasteiger partial charge in [-0.3, -0.25) is 14.9 Å². The molecule has 0 spiro atoms. The zero-order valence-corrected chi connectivity index (χ0v) is 16.4. The normalized spacial score (nSPS) is 12.6. The van der Waals surface area contributed by atoms with E-state index in [1.807, 2.05) is 6.07 Å². The molecule has 1 amide bonds. The molecule has 0 radical (unpaired) electrons. The second-order valence-corrected chi connectivity index (χ2v) is 7.85. The van der Waals surface area contributed by atoms with Gasteiger partial charge in [0, 0.05) is 23.4 Å². The number of nitrogens with one attached hydrogen (secondary N) is 1. The summed E-state index contributed by atoms with van der Waals surface area (Å²) < 4.78 is 0. The molecule has 1 N–H and O–H groups in total. The van der Waals surface area contributed by atoms with Gasteiger partial charge in [-0.1, -0.05) is 42.5 Å². The summed E-state index contributed by atoms with van der Waals surface area (Å²) in [6, 6.07) is 16.9. The molecule has 1 aliphatic carbocycles. The Morgan fingerprint density at radius 3 is 2.62 bits per heavy atom. The lowest BCUT2D eigenvalue weighted by molar-refractivity contribution is -0.384. The highest BCUT2D eigenvalue weighted by molar-refractivity contribution is 7.99. The predicted octanol–water partition coefficient (Wildman–Crippen LogP) is 4.23. The Labute approximate surface area is 172 Å². The first-order valence-electron chi connectivity index (χ1n) is 9.28. The van der Waals surface area contributed by atoms with Crippen LogP contribution in [-0.4, -0.2) is 22.8 Å². The van der Waals surface area contributed by atoms with Gasteiger partial charge in [-0.25, -0.2) is 5.43 Å². The number of amides is 1. The summed E-state index contributed by atoms with van der Waals surface area (Å²) in [4.78, 5) is 22.2. The largest absolute Gasteiger partial charge is 0.272 e. The molecule has 0 bridgehead atoms. The standard InChI is InChI=1S/C22H19N3O3S/c26-21(14-29-13-15-4-10-19(11-5-15)25(27)28)24-23-12-18-9-8-17-7-6-16-2-1-3-20(18)22(16)17/h1-5,8-12H,6-7,13-14H2,(H,24,26)/b23-12-. The maximum Gasteiger partial charge on any atom is 0.269 e. The van der Waals surface area contributed by atoms with Crippen molar-refractivity contribution in [3.8, 4) is 0 Å². The van der Waals surface area contributed by atoms with Gasteiger partial charge >= 0.3 is 0 Å². The van der Waals surface area contributed by atoms with Crippen LogP contribution in [0.15, 0.2) is 59.7 Å². The second-order valence-electron chi connectivity index (χ2n) is 6.86. The van der Waals surface area contributed by atoms with E-state index in [9.17, 15) is 14.9 Å². The van der Waals surface area contributed by atoms with E-state index in [1.54, 1.807) is 18.3 Å². The minimum atomic E-state index is -0.426. The first-order valence-corrected chi connectivity index (χ1v) is 10.4. The van der Waals surface area contributed by atoms with Crippen LogP contribution in [0.1, 0.15) is 22.3 Å². The van der Waals surface area contributed by atoms with Gasteiger partial charge in [0.2, 0.25) is 5.91 Å². The molecule has 7 heteroatoms. The molecular formula is C22H19N3O3S. The molecule has 4 rings (SSSR count). The molecule has 3 aromatic carbocycles. The lowest BCUT2D eigenvalue weighted by Gasteiger charge is -2.05. The van der Waals surface area contributed by atoms with Gasteiger partial charge in [0.05, 0.1) is 16.9 Å². The number of nitrogens with zero attached hydrogens (tertiary/aromatic N) is 2. The van der Waals surface area contributed by atoms with Gasteiger partial charge in [-0.15, -0.1) is 11.8 Å². The minimum Gasteiger partial charge on any atom is -0.272 e. The summed E-state index contributed by atoms with van der Waals surface area (Å²) in [5.74, 6) is 0.682. The first-order chi connectivity index (χ1) is 14.1. The molecule has 0 saturated carbocycles. The number of non-ortho nitro benzene ring substituents is 1. The number of nitro groups is 1. The number of nitro benzene ring substituents is 1. The highest BCUT2D eigenvalue weighted by atomic mass is 32.2. The van der Waals surface area contributed by atoms with E-state index in [1.165, 1.54) is 45.8 Å². The molecular weight excluding hydrogens is 386 g/mol. The summed E-state index contributed by atoms with van der Waals surface area (Å²) in [6.07, 6.45) is 3.85. The van der Waals surface area contributed by atoms with Crippen molar-refractivity contribution < 1.29 is 9.72 Å². The van der Waals surface area contributed by atoms with Gasteiger partial charge in [0.15, 0.2) is 0 Å². The van der Waals surface area contributed by atoms with Crippen LogP contribution in [-0.2, 0) is 23.4 Å². The number of hydrogen-bond acceptors (Lipinski definition) is 5. The number of carbonyl (C=O) groups excluding carboxylic acids is 1. The second kappa shape index (κ2) is 8.45. The fourth-order valence-corrected chi connectivity index (χ4v) is 4.34. The Morgan fingerprint density at radius 2 is 1.86 bits per heavy atom. The van der Waals surface area contributed by atoms with Gasteiger partial charge < -0.3 is 0 Å². The average molecular weight is 405 g/mol. The Bertz CT molecular complexity index is 1100. The Balaban J connectivity index is 1.30. The van der Waals surface area contributed by atoms with E-state index < -0.39 is 4.92 Å². The van der Waals surface area contributed by atoms with Crippen LogP contribution in [0, 0.1) is 10.1 Å². The maximum absolute atomic E-state index is 12.0. The molecule has 0 aromatic heterocycles. The number of aryl methyl sites for hydroxylation is 2. The van der Waals surface area contributed by atoms with Gasteiger partial charge in [-0.2, -0.15) is 5.10 Å². The predicted molar refractivity (Wildman–Crippen MR) is 116 cm³/mol. The highest BCUT2D eigenvalue weighted by Crippen LogP contribution is 2.32. The van der Waals surface area contributed by atoms with Gasteiger partial charge in [0.1, 0.15) is 0 Å². The maximum atomic E-state index is 12.0. The zero-order valence-electron chi connectivity index (χ0n) is 15.6. The van der Waals surface area contributed by atoms with E-state index in [2.05, 4.69) is 34.8 Å². The average Bonchev–Trinajstić information content (AvgIpc) is 3.15. The molecule has 1 aliphatic rings. The van der Waals surface area contributed by atoms with Crippen molar-refractivity contribution in [2.24, 2.45) is 5.10 Å². The topological polar surface area (TPSA) is 84.6 Å². The Kier molecular flexibility index (Phi) is 5.57. The number of hydrazone groups is 1. The van der Waals surface area contributed by atoms with Crippen LogP contribution in [0.3, 0.4) is 0 Å². The molecule has 6 nitrogen and oxygen atoms in total. The zero-order chi connectivity index (χ0) is 20.2. The first kappa shape index (κ1) is 19.1. The summed E-state index contributed by atoms with van der Waals surface area (Å²) in [5, 5.41) is 17.3. The van der Waals surface area contributed by atoms with Crippen LogP contribution in [0.25, 0.3) is 10.8 Å². The third-order valence-electron chi connectivity index (χ3n) is 4.95. The summed E-state index contributed by atoms with van der Waals surface area (Å²) in [6.45, 7) is 0. The van der Waals surface area contributed by atoms with Crippen molar-refractivity contribution in [1.82, 2.24) is 5.43 Å². The van der Waals surface area contributed by atoms with Crippen molar-refractivity contribution >= 4 is 40.3 Å². The van der Waals surface area contributed by atoms with Crippen LogP contribution in [0.2, 0.25) is 0 Å². The lowest BCUT2D eigenvalue weighted by Crippen LogP contribution is -2.19. The number of hydrogen-bond donors (Lipinski definition) is 1. The van der Waals surface area contributed by atoms with Crippen LogP contribution < -0.4 is 5.43 Å². The quantitative estimate of drug-likeness (QED) is 0.362. The number of rotatable bonds is 7. The molecule has 29 heavy (non-hydrogen) atoms. The Morgan fingerprint density at radius 1 is 1.10 bits per heavy atom. The van der Waals surface area contributed by atoms with E-state index in [0.717, 1.165) is 24.0 Å². The third kappa shape index (κ3) is 4.30. The van der Waals surface area contributed by atoms with E-state index in [4.69, 9.17) is 0 Å². The molecule has 146 valence electrons. The molecule has 0 aliphatic heterocycles. The van der Waals surface area contributed by atoms with Gasteiger partial charge in [-0.05, 0) is 40.3 Å². The summed E-state index contributed by atoms with van der Waals surface area (Å²) in [7, 11) is 0. The van der Waals surface area contributed by atoms with Crippen LogP contribution in [0.4, 0.5) is 5.69 Å². The van der Waals surface area contributed by atoms with Gasteiger partial charge in [0.25, 0.3) is 5.69 Å².